The molecule has 0 heterocycles. The topological polar surface area (TPSA) is 17.1 Å². The highest BCUT2D eigenvalue weighted by Crippen LogP contribution is 2.31. The zero-order chi connectivity index (χ0) is 19.0. The fraction of sp³-hybridized carbons (Fsp3) is 0.640. The van der Waals surface area contributed by atoms with E-state index in [9.17, 15) is 4.79 Å². The van der Waals surface area contributed by atoms with Crippen LogP contribution in [0.3, 0.4) is 0 Å². The maximum absolute atomic E-state index is 12.7. The summed E-state index contributed by atoms with van der Waals surface area (Å²) in [4.78, 5) is 12.7. The van der Waals surface area contributed by atoms with E-state index >= 15 is 0 Å². The Bertz CT molecular complexity index is 544. The molecule has 26 heavy (non-hydrogen) atoms. The zero-order valence-corrected chi connectivity index (χ0v) is 17.4. The van der Waals surface area contributed by atoms with Crippen molar-refractivity contribution >= 4 is 5.78 Å². The van der Waals surface area contributed by atoms with Crippen molar-refractivity contribution in [1.82, 2.24) is 0 Å². The lowest BCUT2D eigenvalue weighted by molar-refractivity contribution is -0.121. The van der Waals surface area contributed by atoms with E-state index in [2.05, 4.69) is 64.2 Å². The van der Waals surface area contributed by atoms with Crippen LogP contribution in [0.2, 0.25) is 0 Å². The predicted octanol–water partition coefficient (Wildman–Crippen LogP) is 7.50. The van der Waals surface area contributed by atoms with Crippen LogP contribution in [0.5, 0.6) is 0 Å². The molecular weight excluding hydrogens is 316 g/mol. The number of carbonyl (C=O) groups is 1. The fourth-order valence-corrected chi connectivity index (χ4v) is 3.89. The Balaban J connectivity index is 1.86. The van der Waals surface area contributed by atoms with E-state index < -0.39 is 0 Å². The summed E-state index contributed by atoms with van der Waals surface area (Å²) in [5, 5.41) is 0. The van der Waals surface area contributed by atoms with Gasteiger partial charge in [-0.05, 0) is 62.2 Å². The summed E-state index contributed by atoms with van der Waals surface area (Å²) in [6, 6.07) is 0. The number of hydrogen-bond acceptors (Lipinski definition) is 1. The van der Waals surface area contributed by atoms with Crippen molar-refractivity contribution in [3.63, 3.8) is 0 Å². The van der Waals surface area contributed by atoms with E-state index in [4.69, 9.17) is 0 Å². The number of rotatable bonds is 8. The number of carbonyl (C=O) groups excluding carboxylic acids is 1. The number of Topliss-reactive ketones (excluding diaryl/α,β-unsaturated/α-hetero) is 1. The Hall–Kier alpha value is -1.37. The standard InChI is InChI=1S/C25H38O/c1-24(2,17-15-21-11-7-5-8-12-21)19-23(26)20-25(3,4)18-16-22-13-9-6-10-14-22/h11,13,15-18H,5-10,12,14,19-20H2,1-4H3. The molecule has 0 spiro atoms. The molecule has 144 valence electrons. The molecule has 0 bridgehead atoms. The van der Waals surface area contributed by atoms with Crippen LogP contribution in [0.15, 0.2) is 47.6 Å². The van der Waals surface area contributed by atoms with Gasteiger partial charge in [-0.2, -0.15) is 0 Å². The molecule has 0 amide bonds. The molecule has 0 aromatic rings. The Morgan fingerprint density at radius 3 is 1.58 bits per heavy atom. The smallest absolute Gasteiger partial charge is 0.134 e. The molecule has 1 nitrogen and oxygen atoms in total. The Morgan fingerprint density at radius 2 is 1.23 bits per heavy atom. The normalized spacial score (nSPS) is 19.7. The van der Waals surface area contributed by atoms with Crippen LogP contribution in [0.1, 0.15) is 91.9 Å². The second kappa shape index (κ2) is 9.53. The van der Waals surface area contributed by atoms with Gasteiger partial charge in [0.2, 0.25) is 0 Å². The van der Waals surface area contributed by atoms with Crippen molar-refractivity contribution in [3.8, 4) is 0 Å². The number of ketones is 1. The van der Waals surface area contributed by atoms with Gasteiger partial charge in [0.15, 0.2) is 0 Å². The molecule has 0 saturated carbocycles. The van der Waals surface area contributed by atoms with Crippen molar-refractivity contribution in [2.24, 2.45) is 10.8 Å². The minimum atomic E-state index is -0.0684. The van der Waals surface area contributed by atoms with Crippen LogP contribution in [-0.4, -0.2) is 5.78 Å². The van der Waals surface area contributed by atoms with Gasteiger partial charge in [0, 0.05) is 12.8 Å². The summed E-state index contributed by atoms with van der Waals surface area (Å²) >= 11 is 0. The van der Waals surface area contributed by atoms with Crippen molar-refractivity contribution in [2.45, 2.75) is 91.9 Å². The molecule has 0 unspecified atom stereocenters. The Labute approximate surface area is 161 Å². The summed E-state index contributed by atoms with van der Waals surface area (Å²) in [6.07, 6.45) is 25.0. The lowest BCUT2D eigenvalue weighted by atomic mass is 9.79. The maximum atomic E-state index is 12.7. The van der Waals surface area contributed by atoms with Crippen molar-refractivity contribution in [3.05, 3.63) is 47.6 Å². The summed E-state index contributed by atoms with van der Waals surface area (Å²) in [5.74, 6) is 0.365. The van der Waals surface area contributed by atoms with Gasteiger partial charge in [0.1, 0.15) is 5.78 Å². The first kappa shape index (κ1) is 20.9. The van der Waals surface area contributed by atoms with Crippen LogP contribution in [0.4, 0.5) is 0 Å². The zero-order valence-electron chi connectivity index (χ0n) is 17.4. The van der Waals surface area contributed by atoms with E-state index in [1.54, 1.807) is 0 Å². The lowest BCUT2D eigenvalue weighted by Crippen LogP contribution is -2.20. The second-order valence-electron chi connectivity index (χ2n) is 9.59. The van der Waals surface area contributed by atoms with Gasteiger partial charge >= 0.3 is 0 Å². The van der Waals surface area contributed by atoms with Gasteiger partial charge in [-0.3, -0.25) is 4.79 Å². The minimum absolute atomic E-state index is 0.0684. The summed E-state index contributed by atoms with van der Waals surface area (Å²) in [5.41, 5.74) is 2.75. The van der Waals surface area contributed by atoms with E-state index in [0.717, 1.165) is 0 Å². The molecule has 0 atom stereocenters. The van der Waals surface area contributed by atoms with Crippen molar-refractivity contribution in [2.75, 3.05) is 0 Å². The van der Waals surface area contributed by atoms with E-state index in [0.29, 0.717) is 18.6 Å². The van der Waals surface area contributed by atoms with Crippen LogP contribution >= 0.6 is 0 Å². The van der Waals surface area contributed by atoms with Crippen LogP contribution in [0.25, 0.3) is 0 Å². The second-order valence-corrected chi connectivity index (χ2v) is 9.59. The minimum Gasteiger partial charge on any atom is -0.300 e. The third-order valence-corrected chi connectivity index (χ3v) is 5.45. The molecule has 0 aromatic carbocycles. The van der Waals surface area contributed by atoms with Crippen molar-refractivity contribution < 1.29 is 4.79 Å². The van der Waals surface area contributed by atoms with E-state index in [-0.39, 0.29) is 10.8 Å². The van der Waals surface area contributed by atoms with Gasteiger partial charge in [0.05, 0.1) is 0 Å². The molecule has 2 rings (SSSR count). The Morgan fingerprint density at radius 1 is 0.808 bits per heavy atom. The number of hydrogen-bond donors (Lipinski definition) is 0. The largest absolute Gasteiger partial charge is 0.300 e. The van der Waals surface area contributed by atoms with Gasteiger partial charge in [-0.25, -0.2) is 0 Å². The van der Waals surface area contributed by atoms with Gasteiger partial charge < -0.3 is 0 Å². The molecule has 2 aliphatic rings. The summed E-state index contributed by atoms with van der Waals surface area (Å²) < 4.78 is 0. The molecule has 0 aliphatic heterocycles. The SMILES string of the molecule is CC(C)(C=CC1=CCCCC1)CC(=O)CC(C)(C)C=CC1=CCCCC1. The quantitative estimate of drug-likeness (QED) is 0.441. The molecule has 0 aromatic heterocycles. The first-order chi connectivity index (χ1) is 12.3. The highest BCUT2D eigenvalue weighted by molar-refractivity contribution is 5.80. The lowest BCUT2D eigenvalue weighted by Gasteiger charge is -2.24. The first-order valence-corrected chi connectivity index (χ1v) is 10.5. The Kier molecular flexibility index (Phi) is 7.68. The van der Waals surface area contributed by atoms with Gasteiger partial charge in [-0.15, -0.1) is 0 Å². The van der Waals surface area contributed by atoms with Gasteiger partial charge in [-0.1, -0.05) is 75.3 Å². The highest BCUT2D eigenvalue weighted by Gasteiger charge is 2.24. The predicted molar refractivity (Wildman–Crippen MR) is 113 cm³/mol. The third kappa shape index (κ3) is 7.89. The van der Waals surface area contributed by atoms with E-state index in [1.165, 1.54) is 62.5 Å². The molecule has 1 heteroatoms. The van der Waals surface area contributed by atoms with Crippen molar-refractivity contribution in [1.29, 1.82) is 0 Å². The molecule has 0 saturated heterocycles. The van der Waals surface area contributed by atoms with E-state index in [1.807, 2.05) is 0 Å². The average molecular weight is 355 g/mol. The summed E-state index contributed by atoms with van der Waals surface area (Å²) in [7, 11) is 0. The maximum Gasteiger partial charge on any atom is 0.134 e. The summed E-state index contributed by atoms with van der Waals surface area (Å²) in [6.45, 7) is 8.72. The molecular formula is C25H38O. The first-order valence-electron chi connectivity index (χ1n) is 10.5. The highest BCUT2D eigenvalue weighted by atomic mass is 16.1. The molecule has 0 N–H and O–H groups in total. The van der Waals surface area contributed by atoms with Crippen LogP contribution in [0, 0.1) is 10.8 Å². The average Bonchev–Trinajstić information content (AvgIpc) is 2.59. The fourth-order valence-electron chi connectivity index (χ4n) is 3.89. The molecule has 0 fully saturated rings. The molecule has 2 aliphatic carbocycles. The van der Waals surface area contributed by atoms with Crippen LogP contribution in [-0.2, 0) is 4.79 Å². The van der Waals surface area contributed by atoms with Crippen LogP contribution < -0.4 is 0 Å². The third-order valence-electron chi connectivity index (χ3n) is 5.45. The monoisotopic (exact) mass is 354 g/mol. The number of allylic oxidation sites excluding steroid dienone is 8. The van der Waals surface area contributed by atoms with Gasteiger partial charge in [0.25, 0.3) is 0 Å². The molecule has 0 radical (unpaired) electrons.